The molecule has 1 N–H and O–H groups in total. The summed E-state index contributed by atoms with van der Waals surface area (Å²) in [7, 11) is 0. The summed E-state index contributed by atoms with van der Waals surface area (Å²) in [5, 5.41) is 13.4. The number of thiol groups is 1. The largest absolute Gasteiger partial charge is 0.457 e. The van der Waals surface area contributed by atoms with Crippen LogP contribution >= 0.6 is 35.8 Å². The van der Waals surface area contributed by atoms with Crippen LogP contribution in [-0.4, -0.2) is 5.91 Å². The van der Waals surface area contributed by atoms with Crippen LogP contribution in [0.2, 0.25) is 10.0 Å². The lowest BCUT2D eigenvalue weighted by molar-refractivity contribution is -0.118. The second-order valence-electron chi connectivity index (χ2n) is 6.22. The Hall–Kier alpha value is -2.85. The number of furan rings is 1. The predicted octanol–water partition coefficient (Wildman–Crippen LogP) is 5.55. The monoisotopic (exact) mass is 441 g/mol. The van der Waals surface area contributed by atoms with E-state index < -0.39 is 12.1 Å². The first kappa shape index (κ1) is 19.5. The molecule has 1 aliphatic rings. The van der Waals surface area contributed by atoms with Crippen LogP contribution in [0.3, 0.4) is 0 Å². The van der Waals surface area contributed by atoms with Gasteiger partial charge in [0.25, 0.3) is 5.91 Å². The molecule has 3 aromatic rings. The van der Waals surface area contributed by atoms with E-state index in [2.05, 4.69) is 17.9 Å². The maximum absolute atomic E-state index is 12.4. The zero-order valence-electron chi connectivity index (χ0n) is 14.8. The van der Waals surface area contributed by atoms with Crippen molar-refractivity contribution in [2.75, 3.05) is 4.90 Å². The Balaban J connectivity index is 1.79. The standard InChI is InChI=1S/C21H13Cl2N3O2S/c22-12-6-7-14(16(23)10-12)17-8-9-18(28-17)19-25-20(27)15(11-24)21(29)26(19)13-4-2-1-3-5-13/h1-10,19,29H,(H,25,27). The third-order valence-corrected chi connectivity index (χ3v) is 5.43. The van der Waals surface area contributed by atoms with Gasteiger partial charge in [0.15, 0.2) is 6.17 Å². The lowest BCUT2D eigenvalue weighted by Gasteiger charge is -2.36. The van der Waals surface area contributed by atoms with E-state index in [1.165, 1.54) is 0 Å². The highest BCUT2D eigenvalue weighted by molar-refractivity contribution is 7.84. The van der Waals surface area contributed by atoms with E-state index in [-0.39, 0.29) is 10.6 Å². The van der Waals surface area contributed by atoms with E-state index >= 15 is 0 Å². The molecule has 0 bridgehead atoms. The topological polar surface area (TPSA) is 69.3 Å². The predicted molar refractivity (Wildman–Crippen MR) is 116 cm³/mol. The van der Waals surface area contributed by atoms with E-state index in [1.807, 2.05) is 36.4 Å². The number of hydrogen-bond acceptors (Lipinski definition) is 5. The molecule has 1 atom stereocenters. The molecule has 0 saturated heterocycles. The van der Waals surface area contributed by atoms with Crippen LogP contribution in [0.15, 0.2) is 75.7 Å². The number of amides is 1. The Morgan fingerprint density at radius 3 is 2.55 bits per heavy atom. The number of nitrogens with one attached hydrogen (secondary N) is 1. The molecule has 0 radical (unpaired) electrons. The van der Waals surface area contributed by atoms with Gasteiger partial charge in [-0.2, -0.15) is 5.26 Å². The first-order chi connectivity index (χ1) is 14.0. The Kier molecular flexibility index (Phi) is 5.29. The fourth-order valence-corrected chi connectivity index (χ4v) is 3.98. The SMILES string of the molecule is N#CC1=C(S)N(c2ccccc2)C(c2ccc(-c3ccc(Cl)cc3Cl)o2)NC1=O. The first-order valence-corrected chi connectivity index (χ1v) is 9.73. The van der Waals surface area contributed by atoms with Crippen molar-refractivity contribution >= 4 is 47.4 Å². The van der Waals surface area contributed by atoms with Crippen LogP contribution in [0.1, 0.15) is 11.9 Å². The zero-order valence-corrected chi connectivity index (χ0v) is 17.2. The van der Waals surface area contributed by atoms with Gasteiger partial charge in [0.05, 0.1) is 10.1 Å². The fourth-order valence-electron chi connectivity index (χ4n) is 3.10. The molecule has 0 saturated carbocycles. The van der Waals surface area contributed by atoms with E-state index in [0.717, 1.165) is 5.69 Å². The van der Waals surface area contributed by atoms with Gasteiger partial charge in [-0.3, -0.25) is 4.79 Å². The number of nitrogens with zero attached hydrogens (tertiary/aromatic N) is 2. The third-order valence-electron chi connectivity index (χ3n) is 4.44. The average molecular weight is 442 g/mol. The molecule has 2 aromatic carbocycles. The molecule has 1 unspecified atom stereocenters. The van der Waals surface area contributed by atoms with E-state index in [0.29, 0.717) is 27.1 Å². The molecule has 0 spiro atoms. The van der Waals surface area contributed by atoms with Crippen LogP contribution < -0.4 is 10.2 Å². The van der Waals surface area contributed by atoms with Gasteiger partial charge >= 0.3 is 0 Å². The second kappa shape index (κ2) is 7.88. The summed E-state index contributed by atoms with van der Waals surface area (Å²) >= 11 is 16.7. The molecular weight excluding hydrogens is 429 g/mol. The fraction of sp³-hybridized carbons (Fsp3) is 0.0476. The van der Waals surface area contributed by atoms with E-state index in [9.17, 15) is 10.1 Å². The smallest absolute Gasteiger partial charge is 0.266 e. The molecule has 29 heavy (non-hydrogen) atoms. The number of benzene rings is 2. The zero-order chi connectivity index (χ0) is 20.5. The number of rotatable bonds is 3. The molecule has 1 aliphatic heterocycles. The van der Waals surface area contributed by atoms with Gasteiger partial charge in [0.1, 0.15) is 23.2 Å². The van der Waals surface area contributed by atoms with Crippen LogP contribution in [0.5, 0.6) is 0 Å². The maximum Gasteiger partial charge on any atom is 0.266 e. The molecule has 1 aromatic heterocycles. The van der Waals surface area contributed by atoms with Gasteiger partial charge < -0.3 is 14.6 Å². The molecule has 144 valence electrons. The lowest BCUT2D eigenvalue weighted by atomic mass is 10.1. The number of hydrogen-bond donors (Lipinski definition) is 2. The quantitative estimate of drug-likeness (QED) is 0.522. The van der Waals surface area contributed by atoms with Gasteiger partial charge in [-0.15, -0.1) is 12.6 Å². The summed E-state index contributed by atoms with van der Waals surface area (Å²) in [6, 6.07) is 19.8. The maximum atomic E-state index is 12.4. The Labute approximate surface area is 182 Å². The Morgan fingerprint density at radius 2 is 1.86 bits per heavy atom. The molecule has 4 rings (SSSR count). The van der Waals surface area contributed by atoms with E-state index in [4.69, 9.17) is 27.6 Å². The average Bonchev–Trinajstić information content (AvgIpc) is 3.18. The number of nitriles is 1. The van der Waals surface area contributed by atoms with Gasteiger partial charge in [-0.25, -0.2) is 0 Å². The van der Waals surface area contributed by atoms with Crippen molar-refractivity contribution in [2.45, 2.75) is 6.17 Å². The van der Waals surface area contributed by atoms with Gasteiger partial charge in [0, 0.05) is 16.3 Å². The number of carbonyl (C=O) groups is 1. The highest BCUT2D eigenvalue weighted by Crippen LogP contribution is 2.38. The van der Waals surface area contributed by atoms with Crippen LogP contribution in [0.25, 0.3) is 11.3 Å². The number of para-hydroxylation sites is 1. The molecule has 8 heteroatoms. The molecular formula is C21H13Cl2N3O2S. The van der Waals surface area contributed by atoms with Crippen molar-refractivity contribution in [2.24, 2.45) is 0 Å². The Bertz CT molecular complexity index is 1170. The summed E-state index contributed by atoms with van der Waals surface area (Å²) in [5.41, 5.74) is 1.36. The molecule has 0 aliphatic carbocycles. The molecule has 0 fully saturated rings. The van der Waals surface area contributed by atoms with Crippen molar-refractivity contribution in [3.63, 3.8) is 0 Å². The molecule has 1 amide bonds. The van der Waals surface area contributed by atoms with Crippen molar-refractivity contribution in [3.8, 4) is 17.4 Å². The van der Waals surface area contributed by atoms with Gasteiger partial charge in [-0.1, -0.05) is 41.4 Å². The minimum atomic E-state index is -0.686. The van der Waals surface area contributed by atoms with Gasteiger partial charge in [0.2, 0.25) is 0 Å². The lowest BCUT2D eigenvalue weighted by Crippen LogP contribution is -2.45. The van der Waals surface area contributed by atoms with Crippen LogP contribution in [0.4, 0.5) is 5.69 Å². The van der Waals surface area contributed by atoms with Crippen LogP contribution in [0, 0.1) is 11.3 Å². The van der Waals surface area contributed by atoms with Crippen molar-refractivity contribution in [3.05, 3.63) is 87.1 Å². The number of halogens is 2. The normalized spacial score (nSPS) is 16.6. The highest BCUT2D eigenvalue weighted by atomic mass is 35.5. The minimum Gasteiger partial charge on any atom is -0.457 e. The second-order valence-corrected chi connectivity index (χ2v) is 7.49. The number of anilines is 1. The minimum absolute atomic E-state index is 0.0686. The summed E-state index contributed by atoms with van der Waals surface area (Å²) < 4.78 is 6.02. The summed E-state index contributed by atoms with van der Waals surface area (Å²) in [6.45, 7) is 0. The van der Waals surface area contributed by atoms with Crippen molar-refractivity contribution in [1.82, 2.24) is 5.32 Å². The summed E-state index contributed by atoms with van der Waals surface area (Å²) in [5.74, 6) is 0.476. The van der Waals surface area contributed by atoms with Crippen molar-refractivity contribution < 1.29 is 9.21 Å². The third kappa shape index (κ3) is 3.60. The first-order valence-electron chi connectivity index (χ1n) is 8.53. The highest BCUT2D eigenvalue weighted by Gasteiger charge is 2.35. The van der Waals surface area contributed by atoms with Crippen molar-refractivity contribution in [1.29, 1.82) is 5.26 Å². The summed E-state index contributed by atoms with van der Waals surface area (Å²) in [6.07, 6.45) is -0.686. The molecule has 5 nitrogen and oxygen atoms in total. The Morgan fingerprint density at radius 1 is 1.10 bits per heavy atom. The number of carbonyl (C=O) groups excluding carboxylic acids is 1. The van der Waals surface area contributed by atoms with Gasteiger partial charge in [-0.05, 0) is 42.5 Å². The van der Waals surface area contributed by atoms with Crippen LogP contribution in [-0.2, 0) is 4.79 Å². The molecule has 2 heterocycles. The van der Waals surface area contributed by atoms with E-state index in [1.54, 1.807) is 35.2 Å². The summed E-state index contributed by atoms with van der Waals surface area (Å²) in [4.78, 5) is 14.2.